The van der Waals surface area contributed by atoms with E-state index in [1.54, 1.807) is 12.1 Å². The van der Waals surface area contributed by atoms with Crippen LogP contribution in [-0.2, 0) is 16.0 Å². The minimum Gasteiger partial charge on any atom is -0.508 e. The maximum absolute atomic E-state index is 10.5. The van der Waals surface area contributed by atoms with E-state index in [1.807, 2.05) is 32.9 Å². The van der Waals surface area contributed by atoms with E-state index in [0.717, 1.165) is 18.1 Å². The number of benzene rings is 2. The molecule has 0 spiro atoms. The Morgan fingerprint density at radius 3 is 2.13 bits per heavy atom. The van der Waals surface area contributed by atoms with Gasteiger partial charge in [-0.3, -0.25) is 0 Å². The molecule has 0 amide bonds. The smallest absolute Gasteiger partial charge is 0.330 e. The van der Waals surface area contributed by atoms with Crippen molar-refractivity contribution in [1.29, 1.82) is 0 Å². The van der Waals surface area contributed by atoms with Crippen molar-refractivity contribution in [3.63, 3.8) is 0 Å². The van der Waals surface area contributed by atoms with E-state index < -0.39 is 5.60 Å². The van der Waals surface area contributed by atoms with Gasteiger partial charge in [-0.2, -0.15) is 0 Å². The number of hydrogen-bond acceptors (Lipinski definition) is 3. The van der Waals surface area contributed by atoms with Crippen LogP contribution >= 0.6 is 0 Å². The molecular weight excluding hydrogens is 372 g/mol. The lowest BCUT2D eigenvalue weighted by Crippen LogP contribution is -2.22. The summed E-state index contributed by atoms with van der Waals surface area (Å²) in [6, 6.07) is 16.0. The van der Waals surface area contributed by atoms with E-state index in [-0.39, 0.29) is 5.97 Å². The third-order valence-corrected chi connectivity index (χ3v) is 4.05. The molecule has 0 aliphatic rings. The minimum atomic E-state index is -0.398. The highest BCUT2D eigenvalue weighted by molar-refractivity contribution is 5.81. The van der Waals surface area contributed by atoms with Crippen LogP contribution in [0.4, 0.5) is 0 Å². The molecule has 0 heterocycles. The summed E-state index contributed by atoms with van der Waals surface area (Å²) in [6.45, 7) is 13.0. The minimum absolute atomic E-state index is 0.300. The fraction of sp³-hybridized carbons (Fsp3) is 0.296. The molecule has 30 heavy (non-hydrogen) atoms. The molecule has 0 unspecified atom stereocenters. The molecular formula is C27H34O3. The normalized spacial score (nSPS) is 11.6. The Kier molecular flexibility index (Phi) is 10.4. The number of phenolic OH excluding ortho intramolecular Hbond substituents is 1. The second-order valence-electron chi connectivity index (χ2n) is 7.98. The van der Waals surface area contributed by atoms with E-state index >= 15 is 0 Å². The van der Waals surface area contributed by atoms with Gasteiger partial charge in [0.1, 0.15) is 11.4 Å². The van der Waals surface area contributed by atoms with Gasteiger partial charge < -0.3 is 9.84 Å². The van der Waals surface area contributed by atoms with Gasteiger partial charge in [-0.1, -0.05) is 74.5 Å². The van der Waals surface area contributed by atoms with Crippen LogP contribution in [0.2, 0.25) is 0 Å². The molecule has 2 aromatic rings. The lowest BCUT2D eigenvalue weighted by Gasteiger charge is -2.17. The molecule has 1 N–H and O–H groups in total. The number of carbonyl (C=O) groups excluding carboxylic acids is 1. The number of esters is 1. The molecule has 0 atom stereocenters. The number of rotatable bonds is 6. The average Bonchev–Trinajstić information content (AvgIpc) is 2.69. The fourth-order valence-corrected chi connectivity index (χ4v) is 2.55. The SMILES string of the molecule is C=CC(=O)OC(C)(C)C.CCCc1ccc(C=CC=C(C)c2ccc(O)cc2)cc1. The number of allylic oxidation sites excluding steroid dienone is 3. The zero-order valence-corrected chi connectivity index (χ0v) is 18.8. The third kappa shape index (κ3) is 10.5. The summed E-state index contributed by atoms with van der Waals surface area (Å²) in [5.74, 6) is -0.0724. The molecule has 0 aliphatic carbocycles. The van der Waals surface area contributed by atoms with Crippen molar-refractivity contribution in [3.8, 4) is 5.75 Å². The van der Waals surface area contributed by atoms with E-state index in [0.29, 0.717) is 5.75 Å². The zero-order chi connectivity index (χ0) is 22.6. The Morgan fingerprint density at radius 1 is 1.07 bits per heavy atom. The van der Waals surface area contributed by atoms with Crippen LogP contribution in [0.25, 0.3) is 11.6 Å². The van der Waals surface area contributed by atoms with Crippen molar-refractivity contribution >= 4 is 17.6 Å². The second kappa shape index (κ2) is 12.5. The Hall–Kier alpha value is -3.07. The van der Waals surface area contributed by atoms with E-state index in [1.165, 1.54) is 23.1 Å². The number of phenols is 1. The van der Waals surface area contributed by atoms with Gasteiger partial charge in [0.05, 0.1) is 0 Å². The quantitative estimate of drug-likeness (QED) is 0.320. The maximum Gasteiger partial charge on any atom is 0.330 e. The summed E-state index contributed by atoms with van der Waals surface area (Å²) in [7, 11) is 0. The maximum atomic E-state index is 10.5. The molecule has 0 fully saturated rings. The summed E-state index contributed by atoms with van der Waals surface area (Å²) in [5.41, 5.74) is 4.50. The first-order valence-electron chi connectivity index (χ1n) is 10.2. The lowest BCUT2D eigenvalue weighted by atomic mass is 10.1. The highest BCUT2D eigenvalue weighted by Gasteiger charge is 2.12. The topological polar surface area (TPSA) is 46.5 Å². The van der Waals surface area contributed by atoms with Crippen LogP contribution in [0.1, 0.15) is 57.7 Å². The molecule has 2 aromatic carbocycles. The predicted octanol–water partition coefficient (Wildman–Crippen LogP) is 6.98. The highest BCUT2D eigenvalue weighted by atomic mass is 16.6. The molecule has 0 aliphatic heterocycles. The van der Waals surface area contributed by atoms with E-state index in [9.17, 15) is 9.90 Å². The van der Waals surface area contributed by atoms with Gasteiger partial charge in [-0.05, 0) is 68.5 Å². The Balaban J connectivity index is 0.000000424. The molecule has 0 saturated heterocycles. The van der Waals surface area contributed by atoms with E-state index in [2.05, 4.69) is 62.9 Å². The van der Waals surface area contributed by atoms with Crippen molar-refractivity contribution in [1.82, 2.24) is 0 Å². The van der Waals surface area contributed by atoms with E-state index in [4.69, 9.17) is 4.74 Å². The molecule has 0 bridgehead atoms. The van der Waals surface area contributed by atoms with Gasteiger partial charge in [-0.15, -0.1) is 0 Å². The van der Waals surface area contributed by atoms with Crippen molar-refractivity contribution < 1.29 is 14.6 Å². The first-order chi connectivity index (χ1) is 14.1. The van der Waals surface area contributed by atoms with Crippen molar-refractivity contribution in [2.45, 2.75) is 53.1 Å². The molecule has 0 aromatic heterocycles. The summed E-state index contributed by atoms with van der Waals surface area (Å²) in [6.07, 6.45) is 9.75. The third-order valence-electron chi connectivity index (χ3n) is 4.05. The Labute approximate surface area is 181 Å². The van der Waals surface area contributed by atoms with Gasteiger partial charge >= 0.3 is 5.97 Å². The molecule has 3 heteroatoms. The largest absolute Gasteiger partial charge is 0.508 e. The predicted molar refractivity (Wildman–Crippen MR) is 127 cm³/mol. The fourth-order valence-electron chi connectivity index (χ4n) is 2.55. The molecule has 0 radical (unpaired) electrons. The van der Waals surface area contributed by atoms with Crippen LogP contribution in [0.5, 0.6) is 5.75 Å². The summed E-state index contributed by atoms with van der Waals surface area (Å²) >= 11 is 0. The molecule has 2 rings (SSSR count). The zero-order valence-electron chi connectivity index (χ0n) is 18.8. The standard InChI is InChI=1S/C20H22O.C7H12O2/c1-3-5-17-8-10-18(11-9-17)7-4-6-16(2)19-12-14-20(21)15-13-19;1-5-6(8)9-7(2,3)4/h4,6-15,21H,3,5H2,1-2H3;5H,1H2,2-4H3. The number of aryl methyl sites for hydroxylation is 1. The van der Waals surface area contributed by atoms with Crippen LogP contribution < -0.4 is 0 Å². The summed E-state index contributed by atoms with van der Waals surface area (Å²) < 4.78 is 4.83. The van der Waals surface area contributed by atoms with Crippen LogP contribution in [0.15, 0.2) is 73.3 Å². The van der Waals surface area contributed by atoms with Crippen LogP contribution in [0.3, 0.4) is 0 Å². The first-order valence-corrected chi connectivity index (χ1v) is 10.2. The molecule has 160 valence electrons. The van der Waals surface area contributed by atoms with Gasteiger partial charge in [0.15, 0.2) is 0 Å². The van der Waals surface area contributed by atoms with Crippen molar-refractivity contribution in [3.05, 3.63) is 90.0 Å². The van der Waals surface area contributed by atoms with Gasteiger partial charge in [0.2, 0.25) is 0 Å². The number of carbonyl (C=O) groups is 1. The van der Waals surface area contributed by atoms with Crippen LogP contribution in [0, 0.1) is 0 Å². The van der Waals surface area contributed by atoms with Crippen molar-refractivity contribution in [2.24, 2.45) is 0 Å². The monoisotopic (exact) mass is 406 g/mol. The van der Waals surface area contributed by atoms with Crippen LogP contribution in [-0.4, -0.2) is 16.7 Å². The van der Waals surface area contributed by atoms with Gasteiger partial charge in [-0.25, -0.2) is 4.79 Å². The number of ether oxygens (including phenoxy) is 1. The molecule has 0 saturated carbocycles. The Morgan fingerprint density at radius 2 is 1.67 bits per heavy atom. The summed E-state index contributed by atoms with van der Waals surface area (Å²) in [4.78, 5) is 10.5. The number of hydrogen-bond donors (Lipinski definition) is 1. The lowest BCUT2D eigenvalue weighted by molar-refractivity contribution is -0.148. The molecule has 3 nitrogen and oxygen atoms in total. The number of aromatic hydroxyl groups is 1. The first kappa shape index (κ1) is 25.0. The second-order valence-corrected chi connectivity index (χ2v) is 7.98. The Bertz CT molecular complexity index is 848. The van der Waals surface area contributed by atoms with Gasteiger partial charge in [0, 0.05) is 6.08 Å². The summed E-state index contributed by atoms with van der Waals surface area (Å²) in [5, 5.41) is 9.29. The van der Waals surface area contributed by atoms with Gasteiger partial charge in [0.25, 0.3) is 0 Å². The average molecular weight is 407 g/mol. The van der Waals surface area contributed by atoms with Crippen molar-refractivity contribution in [2.75, 3.05) is 0 Å². The highest BCUT2D eigenvalue weighted by Crippen LogP contribution is 2.17.